The van der Waals surface area contributed by atoms with Crippen LogP contribution in [-0.2, 0) is 5.60 Å². The fraction of sp³-hybridized carbons (Fsp3) is 0.545. The van der Waals surface area contributed by atoms with E-state index >= 15 is 0 Å². The molecular formula is C11H16N2O. The summed E-state index contributed by atoms with van der Waals surface area (Å²) in [5.74, 6) is 0.803. The maximum Gasteiger partial charge on any atom is 0.131 e. The Hall–Kier alpha value is -1.09. The quantitative estimate of drug-likeness (QED) is 0.752. The Morgan fingerprint density at radius 1 is 1.43 bits per heavy atom. The lowest BCUT2D eigenvalue weighted by molar-refractivity contribution is 0.0449. The molecule has 1 heterocycles. The van der Waals surface area contributed by atoms with Gasteiger partial charge in [0, 0.05) is 18.8 Å². The highest BCUT2D eigenvalue weighted by molar-refractivity contribution is 5.46. The molecule has 76 valence electrons. The third-order valence-electron chi connectivity index (χ3n) is 2.98. The first kappa shape index (κ1) is 9.46. The van der Waals surface area contributed by atoms with Crippen LogP contribution in [0.4, 0.5) is 5.82 Å². The fourth-order valence-corrected chi connectivity index (χ4v) is 2.21. The van der Waals surface area contributed by atoms with E-state index in [-0.39, 0.29) is 0 Å². The molecule has 0 aliphatic heterocycles. The van der Waals surface area contributed by atoms with Gasteiger partial charge in [0.25, 0.3) is 0 Å². The fourth-order valence-electron chi connectivity index (χ4n) is 2.21. The van der Waals surface area contributed by atoms with Gasteiger partial charge in [0.2, 0.25) is 0 Å². The predicted molar refractivity (Wildman–Crippen MR) is 56.1 cm³/mol. The molecular weight excluding hydrogens is 176 g/mol. The Morgan fingerprint density at radius 2 is 2.14 bits per heavy atom. The van der Waals surface area contributed by atoms with E-state index < -0.39 is 5.60 Å². The summed E-state index contributed by atoms with van der Waals surface area (Å²) >= 11 is 0. The van der Waals surface area contributed by atoms with Gasteiger partial charge in [-0.25, -0.2) is 4.98 Å². The van der Waals surface area contributed by atoms with Crippen LogP contribution in [0.2, 0.25) is 0 Å². The van der Waals surface area contributed by atoms with Crippen molar-refractivity contribution in [1.29, 1.82) is 0 Å². The molecule has 1 fully saturated rings. The smallest absolute Gasteiger partial charge is 0.131 e. The standard InChI is InChI=1S/C11H16N2O/c1-12-10-9(5-4-8-13-10)11(14)6-2-3-7-11/h4-5,8,14H,2-3,6-7H2,1H3,(H,12,13). The number of nitrogens with one attached hydrogen (secondary N) is 1. The molecule has 1 aliphatic rings. The number of aliphatic hydroxyl groups is 1. The van der Waals surface area contributed by atoms with Crippen molar-refractivity contribution in [2.24, 2.45) is 0 Å². The summed E-state index contributed by atoms with van der Waals surface area (Å²) in [6.45, 7) is 0. The Labute approximate surface area is 84.2 Å². The van der Waals surface area contributed by atoms with Crippen molar-refractivity contribution in [3.63, 3.8) is 0 Å². The number of rotatable bonds is 2. The minimum Gasteiger partial charge on any atom is -0.385 e. The Balaban J connectivity index is 2.39. The molecule has 0 unspecified atom stereocenters. The van der Waals surface area contributed by atoms with E-state index in [1.54, 1.807) is 6.20 Å². The Morgan fingerprint density at radius 3 is 2.79 bits per heavy atom. The SMILES string of the molecule is CNc1ncccc1C1(O)CCCC1. The van der Waals surface area contributed by atoms with Crippen molar-refractivity contribution in [3.8, 4) is 0 Å². The van der Waals surface area contributed by atoms with Gasteiger partial charge in [-0.3, -0.25) is 0 Å². The van der Waals surface area contributed by atoms with Crippen LogP contribution in [0.1, 0.15) is 31.2 Å². The van der Waals surface area contributed by atoms with Gasteiger partial charge in [0.1, 0.15) is 5.82 Å². The van der Waals surface area contributed by atoms with Crippen LogP contribution >= 0.6 is 0 Å². The minimum atomic E-state index is -0.646. The van der Waals surface area contributed by atoms with Crippen LogP contribution < -0.4 is 5.32 Å². The molecule has 0 amide bonds. The van der Waals surface area contributed by atoms with Crippen LogP contribution in [0.5, 0.6) is 0 Å². The molecule has 2 rings (SSSR count). The maximum atomic E-state index is 10.4. The van der Waals surface area contributed by atoms with E-state index in [0.717, 1.165) is 37.1 Å². The lowest BCUT2D eigenvalue weighted by Crippen LogP contribution is -2.22. The van der Waals surface area contributed by atoms with Gasteiger partial charge >= 0.3 is 0 Å². The summed E-state index contributed by atoms with van der Waals surface area (Å²) in [6, 6.07) is 3.84. The maximum absolute atomic E-state index is 10.4. The summed E-state index contributed by atoms with van der Waals surface area (Å²) in [5, 5.41) is 13.4. The molecule has 3 nitrogen and oxygen atoms in total. The zero-order valence-electron chi connectivity index (χ0n) is 8.45. The van der Waals surface area contributed by atoms with Crippen molar-refractivity contribution < 1.29 is 5.11 Å². The van der Waals surface area contributed by atoms with E-state index in [1.165, 1.54) is 0 Å². The van der Waals surface area contributed by atoms with Gasteiger partial charge in [-0.1, -0.05) is 18.9 Å². The van der Waals surface area contributed by atoms with E-state index in [2.05, 4.69) is 10.3 Å². The zero-order chi connectivity index (χ0) is 10.0. The average Bonchev–Trinajstić information content (AvgIpc) is 2.66. The van der Waals surface area contributed by atoms with Gasteiger partial charge in [0.15, 0.2) is 0 Å². The van der Waals surface area contributed by atoms with E-state index in [0.29, 0.717) is 0 Å². The van der Waals surface area contributed by atoms with Crippen molar-refractivity contribution in [2.45, 2.75) is 31.3 Å². The summed E-state index contributed by atoms with van der Waals surface area (Å²) in [7, 11) is 1.84. The Bertz CT molecular complexity index is 319. The molecule has 3 heteroatoms. The lowest BCUT2D eigenvalue weighted by atomic mass is 9.93. The topological polar surface area (TPSA) is 45.2 Å². The summed E-state index contributed by atoms with van der Waals surface area (Å²) in [5.41, 5.74) is 0.298. The first-order valence-corrected chi connectivity index (χ1v) is 5.12. The Kier molecular flexibility index (Phi) is 2.42. The van der Waals surface area contributed by atoms with Crippen LogP contribution in [0.3, 0.4) is 0 Å². The molecule has 0 bridgehead atoms. The summed E-state index contributed by atoms with van der Waals surface area (Å²) < 4.78 is 0. The van der Waals surface area contributed by atoms with Gasteiger partial charge in [-0.2, -0.15) is 0 Å². The molecule has 0 spiro atoms. The van der Waals surface area contributed by atoms with Crippen LogP contribution in [0.25, 0.3) is 0 Å². The first-order chi connectivity index (χ1) is 6.76. The minimum absolute atomic E-state index is 0.646. The number of anilines is 1. The van der Waals surface area contributed by atoms with E-state index in [9.17, 15) is 5.11 Å². The summed E-state index contributed by atoms with van der Waals surface area (Å²) in [6.07, 6.45) is 5.66. The van der Waals surface area contributed by atoms with Crippen molar-refractivity contribution in [2.75, 3.05) is 12.4 Å². The van der Waals surface area contributed by atoms with Crippen LogP contribution in [-0.4, -0.2) is 17.1 Å². The highest BCUT2D eigenvalue weighted by Gasteiger charge is 2.35. The summed E-state index contributed by atoms with van der Waals surface area (Å²) in [4.78, 5) is 4.22. The highest BCUT2D eigenvalue weighted by atomic mass is 16.3. The molecule has 2 N–H and O–H groups in total. The van der Waals surface area contributed by atoms with Gasteiger partial charge in [-0.15, -0.1) is 0 Å². The van der Waals surface area contributed by atoms with Crippen molar-refractivity contribution in [3.05, 3.63) is 23.9 Å². The van der Waals surface area contributed by atoms with Gasteiger partial charge in [0.05, 0.1) is 5.60 Å². The van der Waals surface area contributed by atoms with Gasteiger partial charge in [-0.05, 0) is 18.9 Å². The average molecular weight is 192 g/mol. The molecule has 1 aromatic heterocycles. The number of aromatic nitrogens is 1. The third kappa shape index (κ3) is 1.48. The third-order valence-corrected chi connectivity index (χ3v) is 2.98. The number of nitrogens with zero attached hydrogens (tertiary/aromatic N) is 1. The molecule has 0 atom stereocenters. The van der Waals surface area contributed by atoms with E-state index in [1.807, 2.05) is 19.2 Å². The second kappa shape index (κ2) is 3.58. The number of pyridine rings is 1. The second-order valence-corrected chi connectivity index (χ2v) is 3.89. The highest BCUT2D eigenvalue weighted by Crippen LogP contribution is 2.40. The van der Waals surface area contributed by atoms with Crippen LogP contribution in [0, 0.1) is 0 Å². The first-order valence-electron chi connectivity index (χ1n) is 5.12. The molecule has 1 saturated carbocycles. The number of hydrogen-bond acceptors (Lipinski definition) is 3. The van der Waals surface area contributed by atoms with E-state index in [4.69, 9.17) is 0 Å². The normalized spacial score (nSPS) is 19.6. The molecule has 1 aliphatic carbocycles. The van der Waals surface area contributed by atoms with Crippen LogP contribution in [0.15, 0.2) is 18.3 Å². The van der Waals surface area contributed by atoms with Gasteiger partial charge < -0.3 is 10.4 Å². The molecule has 14 heavy (non-hydrogen) atoms. The van der Waals surface area contributed by atoms with Crippen molar-refractivity contribution in [1.82, 2.24) is 4.98 Å². The largest absolute Gasteiger partial charge is 0.385 e. The molecule has 0 saturated heterocycles. The molecule has 1 aromatic rings. The predicted octanol–water partition coefficient (Wildman–Crippen LogP) is 1.88. The monoisotopic (exact) mass is 192 g/mol. The number of hydrogen-bond donors (Lipinski definition) is 2. The zero-order valence-corrected chi connectivity index (χ0v) is 8.45. The molecule has 0 aromatic carbocycles. The lowest BCUT2D eigenvalue weighted by Gasteiger charge is -2.24. The van der Waals surface area contributed by atoms with Crippen molar-refractivity contribution >= 4 is 5.82 Å². The second-order valence-electron chi connectivity index (χ2n) is 3.89. The molecule has 0 radical (unpaired) electrons.